The molecule has 192 valence electrons. The number of benzene rings is 3. The first-order valence-electron chi connectivity index (χ1n) is 11.2. The van der Waals surface area contributed by atoms with Gasteiger partial charge in [-0.3, -0.25) is 0 Å². The topological polar surface area (TPSA) is 87.9 Å². The van der Waals surface area contributed by atoms with Crippen LogP contribution in [0.3, 0.4) is 0 Å². The minimum atomic E-state index is -0.518. The molecule has 37 heavy (non-hydrogen) atoms. The Bertz CT molecular complexity index is 1280. The van der Waals surface area contributed by atoms with Crippen molar-refractivity contribution in [2.24, 2.45) is 10.3 Å². The molecule has 0 saturated carbocycles. The van der Waals surface area contributed by atoms with Crippen LogP contribution in [0.15, 0.2) is 93.8 Å². The van der Waals surface area contributed by atoms with Gasteiger partial charge in [-0.05, 0) is 61.0 Å². The van der Waals surface area contributed by atoms with Gasteiger partial charge in [-0.25, -0.2) is 4.79 Å². The highest BCUT2D eigenvalue weighted by molar-refractivity contribution is 9.10. The SMILES string of the molecule is COC=C(C(=O)OC)c1ccccc1CON=C(C)C(=NOC)c1ccc(Oc2ccc(Br)cc2)cc1. The van der Waals surface area contributed by atoms with Gasteiger partial charge in [-0.15, -0.1) is 0 Å². The summed E-state index contributed by atoms with van der Waals surface area (Å²) in [5.41, 5.74) is 3.40. The lowest BCUT2D eigenvalue weighted by molar-refractivity contribution is -0.133. The summed E-state index contributed by atoms with van der Waals surface area (Å²) in [5.74, 6) is 0.885. The van der Waals surface area contributed by atoms with E-state index in [1.807, 2.05) is 66.7 Å². The van der Waals surface area contributed by atoms with E-state index in [0.717, 1.165) is 21.3 Å². The summed E-state index contributed by atoms with van der Waals surface area (Å²) in [6, 6.07) is 22.2. The molecule has 0 radical (unpaired) electrons. The molecule has 3 aromatic carbocycles. The quantitative estimate of drug-likeness (QED) is 0.0883. The third kappa shape index (κ3) is 7.68. The largest absolute Gasteiger partial charge is 0.503 e. The molecule has 0 spiro atoms. The average Bonchev–Trinajstić information content (AvgIpc) is 2.92. The van der Waals surface area contributed by atoms with Crippen molar-refractivity contribution in [3.05, 3.63) is 100 Å². The van der Waals surface area contributed by atoms with Crippen LogP contribution in [0.25, 0.3) is 5.57 Å². The van der Waals surface area contributed by atoms with Crippen LogP contribution in [0.1, 0.15) is 23.6 Å². The summed E-state index contributed by atoms with van der Waals surface area (Å²) in [5, 5.41) is 8.35. The summed E-state index contributed by atoms with van der Waals surface area (Å²) in [7, 11) is 4.24. The number of oxime groups is 2. The molecule has 0 aliphatic rings. The zero-order valence-corrected chi connectivity index (χ0v) is 22.5. The number of hydrogen-bond acceptors (Lipinski definition) is 8. The summed E-state index contributed by atoms with van der Waals surface area (Å²) in [4.78, 5) is 22.9. The Morgan fingerprint density at radius 2 is 1.54 bits per heavy atom. The van der Waals surface area contributed by atoms with Crippen molar-refractivity contribution >= 4 is 38.9 Å². The maximum absolute atomic E-state index is 12.2. The van der Waals surface area contributed by atoms with Gasteiger partial charge < -0.3 is 23.9 Å². The second-order valence-corrected chi connectivity index (χ2v) is 8.48. The van der Waals surface area contributed by atoms with E-state index in [2.05, 4.69) is 26.2 Å². The predicted molar refractivity (Wildman–Crippen MR) is 146 cm³/mol. The maximum atomic E-state index is 12.2. The van der Waals surface area contributed by atoms with Crippen molar-refractivity contribution in [2.75, 3.05) is 21.3 Å². The number of carbonyl (C=O) groups excluding carboxylic acids is 1. The average molecular weight is 567 g/mol. The lowest BCUT2D eigenvalue weighted by Gasteiger charge is -2.11. The van der Waals surface area contributed by atoms with Gasteiger partial charge in [0, 0.05) is 15.6 Å². The van der Waals surface area contributed by atoms with Crippen LogP contribution in [0.5, 0.6) is 11.5 Å². The minimum Gasteiger partial charge on any atom is -0.503 e. The third-order valence-electron chi connectivity index (χ3n) is 5.07. The molecular weight excluding hydrogens is 540 g/mol. The maximum Gasteiger partial charge on any atom is 0.341 e. The van der Waals surface area contributed by atoms with Crippen LogP contribution in [-0.4, -0.2) is 38.7 Å². The number of esters is 1. The summed E-state index contributed by atoms with van der Waals surface area (Å²) < 4.78 is 16.8. The first-order valence-corrected chi connectivity index (χ1v) is 12.0. The van der Waals surface area contributed by atoms with E-state index in [9.17, 15) is 4.79 Å². The lowest BCUT2D eigenvalue weighted by atomic mass is 10.0. The van der Waals surface area contributed by atoms with E-state index in [4.69, 9.17) is 23.9 Å². The van der Waals surface area contributed by atoms with Crippen LogP contribution >= 0.6 is 15.9 Å². The van der Waals surface area contributed by atoms with Crippen LogP contribution < -0.4 is 4.74 Å². The van der Waals surface area contributed by atoms with Crippen molar-refractivity contribution in [3.8, 4) is 11.5 Å². The highest BCUT2D eigenvalue weighted by Crippen LogP contribution is 2.24. The molecule has 0 heterocycles. The second-order valence-electron chi connectivity index (χ2n) is 7.57. The van der Waals surface area contributed by atoms with Crippen LogP contribution in [0.4, 0.5) is 0 Å². The summed E-state index contributed by atoms with van der Waals surface area (Å²) >= 11 is 3.41. The first-order chi connectivity index (χ1) is 18.0. The minimum absolute atomic E-state index is 0.103. The Balaban J connectivity index is 1.74. The smallest absolute Gasteiger partial charge is 0.341 e. The molecular formula is C28H27BrN2O6. The van der Waals surface area contributed by atoms with E-state index >= 15 is 0 Å². The van der Waals surface area contributed by atoms with Gasteiger partial charge in [0.05, 0.1) is 20.5 Å². The van der Waals surface area contributed by atoms with E-state index in [1.54, 1.807) is 13.0 Å². The highest BCUT2D eigenvalue weighted by atomic mass is 79.9. The molecule has 0 aromatic heterocycles. The number of nitrogens with zero attached hydrogens (tertiary/aromatic N) is 2. The van der Waals surface area contributed by atoms with E-state index in [-0.39, 0.29) is 12.2 Å². The molecule has 0 N–H and O–H groups in total. The van der Waals surface area contributed by atoms with E-state index < -0.39 is 5.97 Å². The molecule has 0 amide bonds. The molecule has 8 nitrogen and oxygen atoms in total. The Hall–Kier alpha value is -4.11. The molecule has 9 heteroatoms. The Labute approximate surface area is 224 Å². The molecule has 0 saturated heterocycles. The zero-order valence-electron chi connectivity index (χ0n) is 20.9. The van der Waals surface area contributed by atoms with E-state index in [0.29, 0.717) is 22.7 Å². The van der Waals surface area contributed by atoms with Gasteiger partial charge >= 0.3 is 5.97 Å². The summed E-state index contributed by atoms with van der Waals surface area (Å²) in [6.07, 6.45) is 1.34. The fraction of sp³-hybridized carbons (Fsp3) is 0.179. The summed E-state index contributed by atoms with van der Waals surface area (Å²) in [6.45, 7) is 1.87. The van der Waals surface area contributed by atoms with Crippen molar-refractivity contribution in [3.63, 3.8) is 0 Å². The normalized spacial score (nSPS) is 12.1. The molecule has 0 atom stereocenters. The van der Waals surface area contributed by atoms with Crippen molar-refractivity contribution in [1.82, 2.24) is 0 Å². The molecule has 0 aliphatic carbocycles. The number of ether oxygens (including phenoxy) is 3. The number of halogens is 1. The zero-order chi connectivity index (χ0) is 26.6. The molecule has 0 aliphatic heterocycles. The Morgan fingerprint density at radius 3 is 2.16 bits per heavy atom. The number of carbonyl (C=O) groups is 1. The van der Waals surface area contributed by atoms with Gasteiger partial charge in [0.2, 0.25) is 0 Å². The van der Waals surface area contributed by atoms with Crippen LogP contribution in [0, 0.1) is 0 Å². The molecule has 0 unspecified atom stereocenters. The van der Waals surface area contributed by atoms with Crippen LogP contribution in [0.2, 0.25) is 0 Å². The number of methoxy groups -OCH3 is 2. The van der Waals surface area contributed by atoms with Crippen molar-refractivity contribution < 1.29 is 28.7 Å². The van der Waals surface area contributed by atoms with Gasteiger partial charge in [-0.1, -0.05) is 50.5 Å². The van der Waals surface area contributed by atoms with Gasteiger partial charge in [-0.2, -0.15) is 0 Å². The first kappa shape index (κ1) is 27.5. The monoisotopic (exact) mass is 566 g/mol. The van der Waals surface area contributed by atoms with E-state index in [1.165, 1.54) is 27.6 Å². The van der Waals surface area contributed by atoms with Gasteiger partial charge in [0.25, 0.3) is 0 Å². The predicted octanol–water partition coefficient (Wildman–Crippen LogP) is 6.34. The third-order valence-corrected chi connectivity index (χ3v) is 5.60. The van der Waals surface area contributed by atoms with Crippen molar-refractivity contribution in [1.29, 1.82) is 0 Å². The standard InChI is InChI=1S/C28H27BrN2O6/c1-19(30-36-17-21-7-5-6-8-25(21)26(18-33-2)28(32)34-3)27(31-35-4)20-9-13-23(14-10-20)37-24-15-11-22(29)12-16-24/h5-16,18H,17H2,1-4H3. The molecule has 3 rings (SSSR count). The molecule has 0 bridgehead atoms. The van der Waals surface area contributed by atoms with Crippen LogP contribution in [-0.2, 0) is 30.6 Å². The number of rotatable bonds is 11. The Morgan fingerprint density at radius 1 is 0.892 bits per heavy atom. The Kier molecular flexibility index (Phi) is 10.3. The van der Waals surface area contributed by atoms with Gasteiger partial charge in [0.1, 0.15) is 42.2 Å². The highest BCUT2D eigenvalue weighted by Gasteiger charge is 2.17. The number of hydrogen-bond donors (Lipinski definition) is 0. The van der Waals surface area contributed by atoms with Crippen molar-refractivity contribution in [2.45, 2.75) is 13.5 Å². The fourth-order valence-electron chi connectivity index (χ4n) is 3.34. The molecule has 0 fully saturated rings. The van der Waals surface area contributed by atoms with Gasteiger partial charge in [0.15, 0.2) is 0 Å². The second kappa shape index (κ2) is 13.8. The fourth-order valence-corrected chi connectivity index (χ4v) is 3.60. The molecule has 3 aromatic rings. The lowest BCUT2D eigenvalue weighted by Crippen LogP contribution is -2.13.